The zero-order valence-corrected chi connectivity index (χ0v) is 19.2. The van der Waals surface area contributed by atoms with Gasteiger partial charge in [0, 0.05) is 22.8 Å². The van der Waals surface area contributed by atoms with E-state index in [1.54, 1.807) is 55.6 Å². The number of ketones is 1. The summed E-state index contributed by atoms with van der Waals surface area (Å²) in [4.78, 5) is 39.1. The number of hydrogen-bond donors (Lipinski definition) is 1. The Bertz CT molecular complexity index is 1440. The van der Waals surface area contributed by atoms with Gasteiger partial charge in [-0.05, 0) is 73.7 Å². The van der Waals surface area contributed by atoms with Crippen LogP contribution in [0.2, 0.25) is 0 Å². The molecule has 0 saturated carbocycles. The van der Waals surface area contributed by atoms with Crippen LogP contribution in [0.5, 0.6) is 11.5 Å². The van der Waals surface area contributed by atoms with Crippen LogP contribution in [0, 0.1) is 5.82 Å². The fraction of sp³-hybridized carbons (Fsp3) is 0.148. The first-order valence-corrected chi connectivity index (χ1v) is 10.9. The fourth-order valence-electron chi connectivity index (χ4n) is 3.72. The molecule has 1 heterocycles. The van der Waals surface area contributed by atoms with Crippen molar-refractivity contribution in [3.63, 3.8) is 0 Å². The largest absolute Gasteiger partial charge is 0.497 e. The van der Waals surface area contributed by atoms with Crippen LogP contribution in [0.15, 0.2) is 77.7 Å². The molecule has 0 aliphatic heterocycles. The van der Waals surface area contributed by atoms with E-state index >= 15 is 0 Å². The summed E-state index contributed by atoms with van der Waals surface area (Å²) in [5.41, 5.74) is 0.396. The van der Waals surface area contributed by atoms with Crippen LogP contribution in [-0.4, -0.2) is 30.0 Å². The van der Waals surface area contributed by atoms with Crippen molar-refractivity contribution in [2.24, 2.45) is 0 Å². The quantitative estimate of drug-likeness (QED) is 0.382. The van der Waals surface area contributed by atoms with Crippen LogP contribution >= 0.6 is 0 Å². The summed E-state index contributed by atoms with van der Waals surface area (Å²) in [7, 11) is 1.55. The van der Waals surface area contributed by atoms with E-state index in [0.717, 1.165) is 6.07 Å². The van der Waals surface area contributed by atoms with Crippen LogP contribution in [0.1, 0.15) is 22.8 Å². The third-order valence-corrected chi connectivity index (χ3v) is 5.40. The molecule has 7 nitrogen and oxygen atoms in total. The summed E-state index contributed by atoms with van der Waals surface area (Å²) >= 11 is 0. The second-order valence-electron chi connectivity index (χ2n) is 7.72. The van der Waals surface area contributed by atoms with Crippen molar-refractivity contribution in [2.75, 3.05) is 19.0 Å². The molecule has 0 aliphatic rings. The molecular weight excluding hydrogens is 451 g/mol. The Morgan fingerprint density at radius 3 is 2.31 bits per heavy atom. The van der Waals surface area contributed by atoms with E-state index in [2.05, 4.69) is 5.32 Å². The molecule has 0 aliphatic carbocycles. The number of benzene rings is 3. The highest BCUT2D eigenvalue weighted by atomic mass is 19.1. The summed E-state index contributed by atoms with van der Waals surface area (Å²) in [5, 5.41) is 2.78. The Morgan fingerprint density at radius 2 is 1.66 bits per heavy atom. The minimum atomic E-state index is -0.616. The number of hydrogen-bond acceptors (Lipinski definition) is 5. The van der Waals surface area contributed by atoms with Crippen LogP contribution in [0.4, 0.5) is 10.1 Å². The summed E-state index contributed by atoms with van der Waals surface area (Å²) < 4.78 is 26.0. The number of rotatable bonds is 8. The van der Waals surface area contributed by atoms with E-state index in [1.165, 1.54) is 22.9 Å². The summed E-state index contributed by atoms with van der Waals surface area (Å²) in [6.07, 6.45) is 1.34. The molecule has 178 valence electrons. The molecule has 1 N–H and O–H groups in total. The average Bonchev–Trinajstić information content (AvgIpc) is 2.86. The lowest BCUT2D eigenvalue weighted by Gasteiger charge is -2.14. The van der Waals surface area contributed by atoms with Crippen molar-refractivity contribution in [1.29, 1.82) is 0 Å². The Kier molecular flexibility index (Phi) is 6.91. The monoisotopic (exact) mass is 474 g/mol. The molecule has 1 aromatic heterocycles. The van der Waals surface area contributed by atoms with Gasteiger partial charge in [-0.15, -0.1) is 0 Å². The van der Waals surface area contributed by atoms with E-state index in [-0.39, 0.29) is 29.0 Å². The first-order chi connectivity index (χ1) is 16.9. The van der Waals surface area contributed by atoms with Crippen molar-refractivity contribution >= 4 is 28.3 Å². The van der Waals surface area contributed by atoms with Gasteiger partial charge in [-0.1, -0.05) is 0 Å². The highest BCUT2D eigenvalue weighted by Crippen LogP contribution is 2.19. The first-order valence-electron chi connectivity index (χ1n) is 10.9. The first kappa shape index (κ1) is 23.7. The summed E-state index contributed by atoms with van der Waals surface area (Å²) in [6, 6.07) is 16.9. The van der Waals surface area contributed by atoms with Crippen molar-refractivity contribution in [1.82, 2.24) is 4.57 Å². The Morgan fingerprint density at radius 1 is 0.971 bits per heavy atom. The molecule has 3 aromatic carbocycles. The molecule has 0 fully saturated rings. The Balaban J connectivity index is 1.69. The number of pyridine rings is 1. The van der Waals surface area contributed by atoms with Gasteiger partial charge in [0.15, 0.2) is 5.78 Å². The minimum Gasteiger partial charge on any atom is -0.497 e. The van der Waals surface area contributed by atoms with Gasteiger partial charge in [0.1, 0.15) is 23.9 Å². The van der Waals surface area contributed by atoms with Crippen molar-refractivity contribution < 1.29 is 23.5 Å². The SMILES string of the molecule is CCOc1ccc(C(=O)c2cn(CC(=O)Nc3ccc(OC)cc3)c3ccc(F)cc3c2=O)cc1. The zero-order chi connectivity index (χ0) is 24.9. The molecule has 8 heteroatoms. The van der Waals surface area contributed by atoms with Crippen LogP contribution in [-0.2, 0) is 11.3 Å². The van der Waals surface area contributed by atoms with E-state index in [4.69, 9.17) is 9.47 Å². The fourth-order valence-corrected chi connectivity index (χ4v) is 3.72. The van der Waals surface area contributed by atoms with Gasteiger partial charge in [0.05, 0.1) is 24.8 Å². The molecule has 0 saturated heterocycles. The van der Waals surface area contributed by atoms with Crippen LogP contribution < -0.4 is 20.2 Å². The number of fused-ring (bicyclic) bond motifs is 1. The maximum absolute atomic E-state index is 14.0. The van der Waals surface area contributed by atoms with E-state index in [0.29, 0.717) is 29.3 Å². The maximum atomic E-state index is 14.0. The minimum absolute atomic E-state index is 0.0130. The molecule has 1 amide bonds. The van der Waals surface area contributed by atoms with E-state index in [9.17, 15) is 18.8 Å². The van der Waals surface area contributed by atoms with Crippen molar-refractivity contribution in [3.05, 3.63) is 100 Å². The van der Waals surface area contributed by atoms with Gasteiger partial charge in [-0.2, -0.15) is 0 Å². The zero-order valence-electron chi connectivity index (χ0n) is 19.2. The summed E-state index contributed by atoms with van der Waals surface area (Å²) in [5.74, 6) is -0.293. The number of carbonyl (C=O) groups excluding carboxylic acids is 2. The number of nitrogens with zero attached hydrogens (tertiary/aromatic N) is 1. The Labute approximate surface area is 200 Å². The molecule has 0 radical (unpaired) electrons. The predicted octanol–water partition coefficient (Wildman–Crippen LogP) is 4.42. The van der Waals surface area contributed by atoms with Gasteiger partial charge in [0.2, 0.25) is 11.3 Å². The lowest BCUT2D eigenvalue weighted by molar-refractivity contribution is -0.116. The molecular formula is C27H23FN2O5. The standard InChI is InChI=1S/C27H23FN2O5/c1-3-35-21-9-4-17(5-10-21)26(32)23-15-30(24-13-6-18(28)14-22(24)27(23)33)16-25(31)29-19-7-11-20(34-2)12-8-19/h4-15H,3,16H2,1-2H3,(H,29,31). The summed E-state index contributed by atoms with van der Waals surface area (Å²) in [6.45, 7) is 2.13. The molecule has 0 bridgehead atoms. The molecule has 35 heavy (non-hydrogen) atoms. The van der Waals surface area contributed by atoms with Crippen molar-refractivity contribution in [2.45, 2.75) is 13.5 Å². The number of anilines is 1. The van der Waals surface area contributed by atoms with Gasteiger partial charge in [-0.25, -0.2) is 4.39 Å². The normalized spacial score (nSPS) is 10.7. The van der Waals surface area contributed by atoms with E-state index in [1.807, 2.05) is 6.92 Å². The van der Waals surface area contributed by atoms with Gasteiger partial charge < -0.3 is 19.4 Å². The highest BCUT2D eigenvalue weighted by Gasteiger charge is 2.19. The third kappa shape index (κ3) is 5.22. The maximum Gasteiger partial charge on any atom is 0.244 e. The molecule has 4 aromatic rings. The predicted molar refractivity (Wildman–Crippen MR) is 131 cm³/mol. The molecule has 4 rings (SSSR count). The lowest BCUT2D eigenvalue weighted by Crippen LogP contribution is -2.24. The second kappa shape index (κ2) is 10.2. The van der Waals surface area contributed by atoms with Crippen LogP contribution in [0.3, 0.4) is 0 Å². The third-order valence-electron chi connectivity index (χ3n) is 5.40. The number of halogens is 1. The van der Waals surface area contributed by atoms with Crippen molar-refractivity contribution in [3.8, 4) is 11.5 Å². The average molecular weight is 474 g/mol. The van der Waals surface area contributed by atoms with E-state index < -0.39 is 17.0 Å². The number of aromatic nitrogens is 1. The van der Waals surface area contributed by atoms with Gasteiger partial charge >= 0.3 is 0 Å². The number of methoxy groups -OCH3 is 1. The molecule has 0 spiro atoms. The number of nitrogens with one attached hydrogen (secondary N) is 1. The number of carbonyl (C=O) groups is 2. The topological polar surface area (TPSA) is 86.6 Å². The van der Waals surface area contributed by atoms with Gasteiger partial charge in [0.25, 0.3) is 0 Å². The molecule has 0 unspecified atom stereocenters. The number of ether oxygens (including phenoxy) is 2. The lowest BCUT2D eigenvalue weighted by atomic mass is 10.0. The second-order valence-corrected chi connectivity index (χ2v) is 7.72. The Hall–Kier alpha value is -4.46. The smallest absolute Gasteiger partial charge is 0.244 e. The highest BCUT2D eigenvalue weighted by molar-refractivity contribution is 6.10. The van der Waals surface area contributed by atoms with Gasteiger partial charge in [-0.3, -0.25) is 14.4 Å². The van der Waals surface area contributed by atoms with Crippen LogP contribution in [0.25, 0.3) is 10.9 Å². The molecule has 0 atom stereocenters. The number of amides is 1.